The molecular weight excluding hydrogens is 522 g/mol. The summed E-state index contributed by atoms with van der Waals surface area (Å²) in [5, 5.41) is 0. The Morgan fingerprint density at radius 1 is 1.11 bits per heavy atom. The molecule has 1 saturated carbocycles. The van der Waals surface area contributed by atoms with Gasteiger partial charge in [-0.05, 0) is 64.7 Å². The number of rotatable bonds is 8. The molecular formula is C28H33N3O5S2. The number of carbonyl (C=O) groups is 2. The first-order valence-corrected chi connectivity index (χ1v) is 14.9. The fourth-order valence-electron chi connectivity index (χ4n) is 4.09. The Balaban J connectivity index is 1.70. The molecule has 1 amide bonds. The van der Waals surface area contributed by atoms with Crippen molar-refractivity contribution < 1.29 is 22.7 Å². The average Bonchev–Trinajstić information content (AvgIpc) is 3.64. The molecule has 0 atom stereocenters. The van der Waals surface area contributed by atoms with Crippen molar-refractivity contribution in [3.05, 3.63) is 69.5 Å². The standard InChI is InChI=1S/C28H33N3O5S2/c1-6-36-26(33)24-18(2)37-27(29-25(32)21-15-16-21)31(24)17-19-11-13-20(14-12-19)22-9-7-8-10-23(22)38(34,35)30-28(3,4)5/h7-14,21,30H,6,15-17H2,1-5H3. The fraction of sp³-hybridized carbons (Fsp3) is 0.393. The van der Waals surface area contributed by atoms with Crippen molar-refractivity contribution in [3.8, 4) is 11.1 Å². The third-order valence-electron chi connectivity index (χ3n) is 5.90. The largest absolute Gasteiger partial charge is 0.461 e. The summed E-state index contributed by atoms with van der Waals surface area (Å²) in [6.07, 6.45) is 1.70. The average molecular weight is 556 g/mol. The number of nitrogens with zero attached hydrogens (tertiary/aromatic N) is 2. The molecule has 4 rings (SSSR count). The van der Waals surface area contributed by atoms with Crippen molar-refractivity contribution in [2.45, 2.75) is 64.4 Å². The van der Waals surface area contributed by atoms with Gasteiger partial charge in [-0.2, -0.15) is 4.99 Å². The van der Waals surface area contributed by atoms with Gasteiger partial charge in [0, 0.05) is 21.9 Å². The monoisotopic (exact) mass is 555 g/mol. The number of sulfonamides is 1. The minimum Gasteiger partial charge on any atom is -0.461 e. The molecule has 38 heavy (non-hydrogen) atoms. The van der Waals surface area contributed by atoms with E-state index in [9.17, 15) is 18.0 Å². The number of thiazole rings is 1. The molecule has 0 radical (unpaired) electrons. The van der Waals surface area contributed by atoms with Gasteiger partial charge in [0.1, 0.15) is 5.69 Å². The normalized spacial score (nSPS) is 14.5. The smallest absolute Gasteiger partial charge is 0.356 e. The first-order chi connectivity index (χ1) is 17.9. The zero-order chi connectivity index (χ0) is 27.7. The van der Waals surface area contributed by atoms with Gasteiger partial charge in [-0.15, -0.1) is 11.3 Å². The zero-order valence-corrected chi connectivity index (χ0v) is 23.9. The number of ether oxygens (including phenoxy) is 1. The lowest BCUT2D eigenvalue weighted by molar-refractivity contribution is -0.119. The highest BCUT2D eigenvalue weighted by Gasteiger charge is 2.30. The summed E-state index contributed by atoms with van der Waals surface area (Å²) in [7, 11) is -3.74. The van der Waals surface area contributed by atoms with Crippen LogP contribution in [0, 0.1) is 12.8 Å². The van der Waals surface area contributed by atoms with Crippen molar-refractivity contribution in [1.29, 1.82) is 0 Å². The van der Waals surface area contributed by atoms with E-state index in [4.69, 9.17) is 4.74 Å². The summed E-state index contributed by atoms with van der Waals surface area (Å²) >= 11 is 1.30. The number of aryl methyl sites for hydroxylation is 1. The summed E-state index contributed by atoms with van der Waals surface area (Å²) in [5.41, 5.74) is 1.97. The van der Waals surface area contributed by atoms with Crippen LogP contribution < -0.4 is 9.52 Å². The van der Waals surface area contributed by atoms with Crippen LogP contribution in [0.4, 0.5) is 0 Å². The number of hydrogen-bond acceptors (Lipinski definition) is 6. The van der Waals surface area contributed by atoms with Crippen LogP contribution in [0.2, 0.25) is 0 Å². The maximum absolute atomic E-state index is 13.1. The lowest BCUT2D eigenvalue weighted by Crippen LogP contribution is -2.40. The van der Waals surface area contributed by atoms with E-state index in [-0.39, 0.29) is 23.3 Å². The minimum atomic E-state index is -3.74. The molecule has 0 bridgehead atoms. The van der Waals surface area contributed by atoms with Gasteiger partial charge in [0.05, 0.1) is 18.0 Å². The second-order valence-electron chi connectivity index (χ2n) is 10.4. The number of hydrogen-bond donors (Lipinski definition) is 1. The topological polar surface area (TPSA) is 107 Å². The molecule has 1 heterocycles. The Morgan fingerprint density at radius 3 is 2.37 bits per heavy atom. The number of amides is 1. The van der Waals surface area contributed by atoms with Gasteiger partial charge in [0.25, 0.3) is 5.91 Å². The van der Waals surface area contributed by atoms with Gasteiger partial charge in [-0.25, -0.2) is 17.9 Å². The molecule has 2 aromatic carbocycles. The summed E-state index contributed by atoms with van der Waals surface area (Å²) in [4.78, 5) is 31.0. The lowest BCUT2D eigenvalue weighted by Gasteiger charge is -2.21. The molecule has 0 spiro atoms. The number of benzene rings is 2. The zero-order valence-electron chi connectivity index (χ0n) is 22.3. The highest BCUT2D eigenvalue weighted by molar-refractivity contribution is 7.89. The van der Waals surface area contributed by atoms with Crippen LogP contribution in [0.5, 0.6) is 0 Å². The van der Waals surface area contributed by atoms with Crippen molar-refractivity contribution in [3.63, 3.8) is 0 Å². The minimum absolute atomic E-state index is 0.0275. The van der Waals surface area contributed by atoms with E-state index in [1.54, 1.807) is 56.5 Å². The first-order valence-electron chi connectivity index (χ1n) is 12.6. The lowest BCUT2D eigenvalue weighted by atomic mass is 10.0. The third-order valence-corrected chi connectivity index (χ3v) is 8.71. The number of aromatic nitrogens is 1. The Bertz CT molecular complexity index is 1520. The van der Waals surface area contributed by atoms with E-state index in [1.165, 1.54) is 11.3 Å². The molecule has 1 aromatic heterocycles. The van der Waals surface area contributed by atoms with Crippen molar-refractivity contribution in [2.24, 2.45) is 10.9 Å². The molecule has 0 aliphatic heterocycles. The maximum atomic E-state index is 13.1. The molecule has 3 aromatic rings. The highest BCUT2D eigenvalue weighted by atomic mass is 32.2. The predicted molar refractivity (Wildman–Crippen MR) is 147 cm³/mol. The maximum Gasteiger partial charge on any atom is 0.356 e. The van der Waals surface area contributed by atoms with E-state index >= 15 is 0 Å². The molecule has 202 valence electrons. The molecule has 1 aliphatic rings. The van der Waals surface area contributed by atoms with Crippen LogP contribution in [-0.4, -0.2) is 37.0 Å². The molecule has 10 heteroatoms. The molecule has 0 unspecified atom stereocenters. The van der Waals surface area contributed by atoms with Crippen LogP contribution >= 0.6 is 11.3 Å². The number of esters is 1. The Hall–Kier alpha value is -3.08. The number of nitrogens with one attached hydrogen (secondary N) is 1. The van der Waals surface area contributed by atoms with Crippen LogP contribution in [0.3, 0.4) is 0 Å². The van der Waals surface area contributed by atoms with Gasteiger partial charge in [-0.1, -0.05) is 42.5 Å². The van der Waals surface area contributed by atoms with Crippen molar-refractivity contribution in [2.75, 3.05) is 6.61 Å². The Labute approximate surface area is 227 Å². The van der Waals surface area contributed by atoms with Crippen LogP contribution in [-0.2, 0) is 26.1 Å². The second kappa shape index (κ2) is 11.0. The SMILES string of the molecule is CCOC(=O)c1c(C)sc(=NC(=O)C2CC2)n1Cc1ccc(-c2ccccc2S(=O)(=O)NC(C)(C)C)cc1. The predicted octanol–water partition coefficient (Wildman–Crippen LogP) is 4.66. The van der Waals surface area contributed by atoms with Gasteiger partial charge < -0.3 is 9.30 Å². The summed E-state index contributed by atoms with van der Waals surface area (Å²) in [6.45, 7) is 9.52. The van der Waals surface area contributed by atoms with E-state index in [2.05, 4.69) is 9.71 Å². The van der Waals surface area contributed by atoms with Gasteiger partial charge in [0.2, 0.25) is 10.0 Å². The van der Waals surface area contributed by atoms with Gasteiger partial charge in [0.15, 0.2) is 4.80 Å². The summed E-state index contributed by atoms with van der Waals surface area (Å²) in [5.74, 6) is -0.642. The first kappa shape index (κ1) is 27.9. The van der Waals surface area contributed by atoms with Gasteiger partial charge in [-0.3, -0.25) is 4.79 Å². The van der Waals surface area contributed by atoms with E-state index in [0.29, 0.717) is 22.6 Å². The molecule has 0 saturated heterocycles. The molecule has 1 N–H and O–H groups in total. The fourth-order valence-corrected chi connectivity index (χ4v) is 6.71. The van der Waals surface area contributed by atoms with Crippen LogP contribution in [0.1, 0.15) is 61.5 Å². The summed E-state index contributed by atoms with van der Waals surface area (Å²) in [6, 6.07) is 14.4. The van der Waals surface area contributed by atoms with Crippen molar-refractivity contribution in [1.82, 2.24) is 9.29 Å². The Morgan fingerprint density at radius 2 is 1.76 bits per heavy atom. The van der Waals surface area contributed by atoms with E-state index in [1.807, 2.05) is 31.2 Å². The molecule has 1 aliphatic carbocycles. The van der Waals surface area contributed by atoms with E-state index in [0.717, 1.165) is 28.8 Å². The van der Waals surface area contributed by atoms with Gasteiger partial charge >= 0.3 is 5.97 Å². The quantitative estimate of drug-likeness (QED) is 0.407. The van der Waals surface area contributed by atoms with Crippen LogP contribution in [0.15, 0.2) is 58.4 Å². The second-order valence-corrected chi connectivity index (χ2v) is 13.2. The van der Waals surface area contributed by atoms with Crippen LogP contribution in [0.25, 0.3) is 11.1 Å². The molecule has 1 fully saturated rings. The van der Waals surface area contributed by atoms with Crippen molar-refractivity contribution >= 4 is 33.2 Å². The van der Waals surface area contributed by atoms with E-state index < -0.39 is 21.5 Å². The highest BCUT2D eigenvalue weighted by Crippen LogP contribution is 2.30. The number of carbonyl (C=O) groups excluding carboxylic acids is 2. The summed E-state index contributed by atoms with van der Waals surface area (Å²) < 4.78 is 35.9. The third kappa shape index (κ3) is 6.48. The molecule has 8 nitrogen and oxygen atoms in total. The Kier molecular flexibility index (Phi) is 8.06.